The number of amides is 1. The average molecular weight is 325 g/mol. The van der Waals surface area contributed by atoms with Crippen LogP contribution >= 0.6 is 15.9 Å². The molecule has 4 heteroatoms. The quantitative estimate of drug-likeness (QED) is 0.862. The number of nitrogen functional groups attached to an aromatic ring is 1. The van der Waals surface area contributed by atoms with Crippen LogP contribution in [-0.2, 0) is 0 Å². The van der Waals surface area contributed by atoms with E-state index in [2.05, 4.69) is 15.9 Å². The lowest BCUT2D eigenvalue weighted by Gasteiger charge is -2.27. The van der Waals surface area contributed by atoms with E-state index in [4.69, 9.17) is 5.73 Å². The van der Waals surface area contributed by atoms with Crippen molar-refractivity contribution in [3.05, 3.63) is 28.2 Å². The first-order chi connectivity index (χ1) is 9.08. The van der Waals surface area contributed by atoms with Crippen LogP contribution in [0.4, 0.5) is 5.69 Å². The maximum absolute atomic E-state index is 12.3. The van der Waals surface area contributed by atoms with Crippen molar-refractivity contribution in [2.24, 2.45) is 5.92 Å². The first kappa shape index (κ1) is 14.4. The number of hydrogen-bond donors (Lipinski definition) is 1. The summed E-state index contributed by atoms with van der Waals surface area (Å²) in [6.07, 6.45) is 6.45. The van der Waals surface area contributed by atoms with Gasteiger partial charge in [-0.05, 0) is 52.9 Å². The Morgan fingerprint density at radius 2 is 2.05 bits per heavy atom. The number of carbonyl (C=O) groups excluding carboxylic acids is 1. The Bertz CT molecular complexity index is 455. The Hall–Kier alpha value is -1.03. The molecule has 1 aromatic rings. The summed E-state index contributed by atoms with van der Waals surface area (Å²) in [5.41, 5.74) is 7.10. The maximum Gasteiger partial charge on any atom is 0.253 e. The number of hydrogen-bond acceptors (Lipinski definition) is 2. The number of halogens is 1. The van der Waals surface area contributed by atoms with Crippen molar-refractivity contribution in [3.63, 3.8) is 0 Å². The van der Waals surface area contributed by atoms with Gasteiger partial charge < -0.3 is 10.6 Å². The fraction of sp³-hybridized carbons (Fsp3) is 0.533. The molecule has 0 bridgehead atoms. The van der Waals surface area contributed by atoms with Crippen LogP contribution in [0, 0.1) is 5.92 Å². The minimum atomic E-state index is 0.0600. The Kier molecular flexibility index (Phi) is 4.86. The number of nitrogens with zero attached hydrogens (tertiary/aromatic N) is 1. The highest BCUT2D eigenvalue weighted by atomic mass is 79.9. The highest BCUT2D eigenvalue weighted by molar-refractivity contribution is 9.10. The summed E-state index contributed by atoms with van der Waals surface area (Å²) in [7, 11) is 1.88. The molecule has 3 nitrogen and oxygen atoms in total. The Balaban J connectivity index is 1.99. The fourth-order valence-corrected chi connectivity index (χ4v) is 2.98. The van der Waals surface area contributed by atoms with Gasteiger partial charge in [0.25, 0.3) is 5.91 Å². The molecule has 1 aliphatic rings. The summed E-state index contributed by atoms with van der Waals surface area (Å²) >= 11 is 3.35. The van der Waals surface area contributed by atoms with Gasteiger partial charge in [0.15, 0.2) is 0 Å². The second kappa shape index (κ2) is 6.42. The minimum absolute atomic E-state index is 0.0600. The van der Waals surface area contributed by atoms with Crippen molar-refractivity contribution in [1.82, 2.24) is 4.90 Å². The third kappa shape index (κ3) is 3.72. The van der Waals surface area contributed by atoms with Crippen LogP contribution in [0.25, 0.3) is 0 Å². The van der Waals surface area contributed by atoms with Crippen molar-refractivity contribution < 1.29 is 4.79 Å². The maximum atomic E-state index is 12.3. The first-order valence-electron chi connectivity index (χ1n) is 6.88. The molecule has 0 radical (unpaired) electrons. The predicted octanol–water partition coefficient (Wildman–Crippen LogP) is 3.68. The van der Waals surface area contributed by atoms with E-state index in [1.165, 1.54) is 32.1 Å². The predicted molar refractivity (Wildman–Crippen MR) is 82.1 cm³/mol. The van der Waals surface area contributed by atoms with Gasteiger partial charge in [0.2, 0.25) is 0 Å². The molecule has 1 amide bonds. The zero-order chi connectivity index (χ0) is 13.8. The van der Waals surface area contributed by atoms with Crippen LogP contribution in [0.3, 0.4) is 0 Å². The van der Waals surface area contributed by atoms with E-state index >= 15 is 0 Å². The van der Waals surface area contributed by atoms with Crippen LogP contribution in [0.1, 0.15) is 42.5 Å². The number of nitrogens with two attached hydrogens (primary N) is 1. The topological polar surface area (TPSA) is 46.3 Å². The molecule has 0 saturated heterocycles. The van der Waals surface area contributed by atoms with Crippen LogP contribution in [0.5, 0.6) is 0 Å². The summed E-state index contributed by atoms with van der Waals surface area (Å²) in [5, 5.41) is 0. The Labute approximate surface area is 123 Å². The molecule has 1 saturated carbocycles. The summed E-state index contributed by atoms with van der Waals surface area (Å²) < 4.78 is 0.832. The van der Waals surface area contributed by atoms with Crippen molar-refractivity contribution in [1.29, 1.82) is 0 Å². The van der Waals surface area contributed by atoms with Gasteiger partial charge in [0, 0.05) is 29.3 Å². The van der Waals surface area contributed by atoms with Gasteiger partial charge >= 0.3 is 0 Å². The molecule has 0 unspecified atom stereocenters. The molecule has 2 N–H and O–H groups in total. The number of anilines is 1. The lowest BCUT2D eigenvalue weighted by Crippen LogP contribution is -2.32. The third-order valence-electron chi connectivity index (χ3n) is 3.85. The third-order valence-corrected chi connectivity index (χ3v) is 4.57. The normalized spacial score (nSPS) is 16.3. The zero-order valence-electron chi connectivity index (χ0n) is 11.4. The minimum Gasteiger partial charge on any atom is -0.398 e. The molecule has 0 aliphatic heterocycles. The van der Waals surface area contributed by atoms with Crippen LogP contribution < -0.4 is 5.73 Å². The molecule has 1 aromatic carbocycles. The lowest BCUT2D eigenvalue weighted by molar-refractivity contribution is 0.0760. The highest BCUT2D eigenvalue weighted by Crippen LogP contribution is 2.25. The van der Waals surface area contributed by atoms with E-state index in [9.17, 15) is 4.79 Å². The van der Waals surface area contributed by atoms with Gasteiger partial charge in [-0.3, -0.25) is 4.79 Å². The van der Waals surface area contributed by atoms with Gasteiger partial charge in [-0.15, -0.1) is 0 Å². The van der Waals surface area contributed by atoms with Crippen molar-refractivity contribution in [3.8, 4) is 0 Å². The summed E-state index contributed by atoms with van der Waals surface area (Å²) in [6, 6.07) is 5.39. The summed E-state index contributed by atoms with van der Waals surface area (Å²) in [6.45, 7) is 0.856. The van der Waals surface area contributed by atoms with E-state index < -0.39 is 0 Å². The fourth-order valence-electron chi connectivity index (χ4n) is 2.74. The average Bonchev–Trinajstić information content (AvgIpc) is 2.42. The summed E-state index contributed by atoms with van der Waals surface area (Å²) in [5.74, 6) is 0.722. The van der Waals surface area contributed by atoms with Gasteiger partial charge in [0.05, 0.1) is 0 Å². The van der Waals surface area contributed by atoms with Crippen LogP contribution in [0.2, 0.25) is 0 Å². The largest absolute Gasteiger partial charge is 0.398 e. The van der Waals surface area contributed by atoms with Crippen molar-refractivity contribution >= 4 is 27.5 Å². The second-order valence-corrected chi connectivity index (χ2v) is 6.28. The van der Waals surface area contributed by atoms with Gasteiger partial charge in [-0.25, -0.2) is 0 Å². The molecular weight excluding hydrogens is 304 g/mol. The second-order valence-electron chi connectivity index (χ2n) is 5.43. The SMILES string of the molecule is CN(CC1CCCCC1)C(=O)c1ccc(Br)c(N)c1. The molecule has 1 aliphatic carbocycles. The molecule has 0 spiro atoms. The standard InChI is InChI=1S/C15H21BrN2O/c1-18(10-11-5-3-2-4-6-11)15(19)12-7-8-13(16)14(17)9-12/h7-9,11H,2-6,10,17H2,1H3. The van der Waals surface area contributed by atoms with E-state index in [1.807, 2.05) is 24.1 Å². The molecule has 104 valence electrons. The van der Waals surface area contributed by atoms with Crippen molar-refractivity contribution in [2.75, 3.05) is 19.3 Å². The van der Waals surface area contributed by atoms with E-state index in [-0.39, 0.29) is 5.91 Å². The van der Waals surface area contributed by atoms with Crippen molar-refractivity contribution in [2.45, 2.75) is 32.1 Å². The number of rotatable bonds is 3. The molecule has 0 heterocycles. The van der Waals surface area contributed by atoms with Crippen LogP contribution in [-0.4, -0.2) is 24.4 Å². The van der Waals surface area contributed by atoms with E-state index in [0.29, 0.717) is 17.2 Å². The lowest BCUT2D eigenvalue weighted by atomic mass is 9.89. The van der Waals surface area contributed by atoms with Gasteiger partial charge in [0.1, 0.15) is 0 Å². The first-order valence-corrected chi connectivity index (χ1v) is 7.67. The van der Waals surface area contributed by atoms with E-state index in [1.54, 1.807) is 6.07 Å². The molecule has 1 fully saturated rings. The van der Waals surface area contributed by atoms with Crippen LogP contribution in [0.15, 0.2) is 22.7 Å². The number of carbonyl (C=O) groups is 1. The highest BCUT2D eigenvalue weighted by Gasteiger charge is 2.19. The zero-order valence-corrected chi connectivity index (χ0v) is 12.9. The Morgan fingerprint density at radius 3 is 2.68 bits per heavy atom. The molecular formula is C15H21BrN2O. The molecule has 19 heavy (non-hydrogen) atoms. The Morgan fingerprint density at radius 1 is 1.37 bits per heavy atom. The smallest absolute Gasteiger partial charge is 0.253 e. The van der Waals surface area contributed by atoms with E-state index in [0.717, 1.165) is 11.0 Å². The molecule has 0 aromatic heterocycles. The van der Waals surface area contributed by atoms with Gasteiger partial charge in [-0.1, -0.05) is 19.3 Å². The molecule has 2 rings (SSSR count). The monoisotopic (exact) mass is 324 g/mol. The summed E-state index contributed by atoms with van der Waals surface area (Å²) in [4.78, 5) is 14.2. The molecule has 0 atom stereocenters. The number of benzene rings is 1. The van der Waals surface area contributed by atoms with Gasteiger partial charge in [-0.2, -0.15) is 0 Å².